The lowest BCUT2D eigenvalue weighted by atomic mass is 10.2. The van der Waals surface area contributed by atoms with Crippen LogP contribution in [0.1, 0.15) is 25.5 Å². The van der Waals surface area contributed by atoms with Gasteiger partial charge in [0, 0.05) is 18.9 Å². The van der Waals surface area contributed by atoms with Crippen LogP contribution < -0.4 is 5.32 Å². The van der Waals surface area contributed by atoms with Gasteiger partial charge in [-0.05, 0) is 19.4 Å². The Hall–Kier alpha value is -1.91. The Morgan fingerprint density at radius 2 is 2.29 bits per heavy atom. The van der Waals surface area contributed by atoms with Crippen LogP contribution in [0.4, 0.5) is 5.69 Å². The number of carbonyl (C=O) groups excluding carboxylic acids is 1. The minimum atomic E-state index is 0.0233. The third-order valence-corrected chi connectivity index (χ3v) is 2.62. The summed E-state index contributed by atoms with van der Waals surface area (Å²) in [5, 5.41) is 8.10. The van der Waals surface area contributed by atoms with Crippen molar-refractivity contribution in [3.63, 3.8) is 0 Å². The predicted molar refractivity (Wildman–Crippen MR) is 66.8 cm³/mol. The minimum Gasteiger partial charge on any atom is -0.325 e. The van der Waals surface area contributed by atoms with Crippen LogP contribution in [-0.4, -0.2) is 20.7 Å². The third-order valence-electron chi connectivity index (χ3n) is 2.62. The Morgan fingerprint density at radius 1 is 1.53 bits per heavy atom. The first-order valence-corrected chi connectivity index (χ1v) is 5.71. The summed E-state index contributed by atoms with van der Waals surface area (Å²) in [5.74, 6) is 0.0233. The summed E-state index contributed by atoms with van der Waals surface area (Å²) >= 11 is 0. The molecule has 0 saturated carbocycles. The van der Waals surface area contributed by atoms with E-state index in [-0.39, 0.29) is 5.91 Å². The molecular formula is C12H16N4O. The molecule has 2 aromatic heterocycles. The van der Waals surface area contributed by atoms with Crippen LogP contribution in [0.15, 0.2) is 12.3 Å². The van der Waals surface area contributed by atoms with Crippen molar-refractivity contribution in [2.24, 2.45) is 7.05 Å². The lowest BCUT2D eigenvalue weighted by molar-refractivity contribution is -0.116. The topological polar surface area (TPSA) is 59.8 Å². The Morgan fingerprint density at radius 3 is 3.00 bits per heavy atom. The van der Waals surface area contributed by atoms with Crippen LogP contribution in [0.25, 0.3) is 11.0 Å². The fraction of sp³-hybridized carbons (Fsp3) is 0.417. The average Bonchev–Trinajstić information content (AvgIpc) is 2.55. The number of hydrogen-bond donors (Lipinski definition) is 1. The zero-order valence-electron chi connectivity index (χ0n) is 10.3. The van der Waals surface area contributed by atoms with Gasteiger partial charge in [-0.25, -0.2) is 4.98 Å². The van der Waals surface area contributed by atoms with Gasteiger partial charge in [-0.15, -0.1) is 0 Å². The molecule has 0 atom stereocenters. The molecule has 0 spiro atoms. The number of hydrogen-bond acceptors (Lipinski definition) is 3. The van der Waals surface area contributed by atoms with Crippen molar-refractivity contribution in [2.45, 2.75) is 26.7 Å². The molecular weight excluding hydrogens is 216 g/mol. The van der Waals surface area contributed by atoms with E-state index in [4.69, 9.17) is 0 Å². The molecule has 2 aromatic rings. The lowest BCUT2D eigenvalue weighted by Crippen LogP contribution is -2.10. The van der Waals surface area contributed by atoms with Gasteiger partial charge in [0.2, 0.25) is 5.91 Å². The average molecular weight is 232 g/mol. The monoisotopic (exact) mass is 232 g/mol. The molecule has 0 bridgehead atoms. The SMILES string of the molecule is CCCC(=O)Nc1cnc2c(c1)c(C)nn2C. The third kappa shape index (κ3) is 2.27. The van der Waals surface area contributed by atoms with Crippen molar-refractivity contribution in [3.05, 3.63) is 18.0 Å². The highest BCUT2D eigenvalue weighted by Gasteiger charge is 2.08. The molecule has 0 fully saturated rings. The summed E-state index contributed by atoms with van der Waals surface area (Å²) in [7, 11) is 1.86. The molecule has 2 rings (SSSR count). The molecule has 0 saturated heterocycles. The maximum absolute atomic E-state index is 11.5. The van der Waals surface area contributed by atoms with Crippen molar-refractivity contribution in [1.29, 1.82) is 0 Å². The standard InChI is InChI=1S/C12H16N4O/c1-4-5-11(17)14-9-6-10-8(2)15-16(3)12(10)13-7-9/h6-7H,4-5H2,1-3H3,(H,14,17). The van der Waals surface area contributed by atoms with Gasteiger partial charge in [0.05, 0.1) is 17.6 Å². The van der Waals surface area contributed by atoms with Crippen LogP contribution in [0.5, 0.6) is 0 Å². The first kappa shape index (κ1) is 11.6. The van der Waals surface area contributed by atoms with Gasteiger partial charge in [-0.2, -0.15) is 5.10 Å². The molecule has 0 aliphatic carbocycles. The highest BCUT2D eigenvalue weighted by Crippen LogP contribution is 2.19. The number of rotatable bonds is 3. The number of aromatic nitrogens is 3. The van der Waals surface area contributed by atoms with Crippen molar-refractivity contribution in [1.82, 2.24) is 14.8 Å². The molecule has 0 unspecified atom stereocenters. The van der Waals surface area contributed by atoms with E-state index in [0.29, 0.717) is 6.42 Å². The normalized spacial score (nSPS) is 10.8. The van der Waals surface area contributed by atoms with E-state index in [1.807, 2.05) is 27.0 Å². The highest BCUT2D eigenvalue weighted by molar-refractivity contribution is 5.93. The van der Waals surface area contributed by atoms with Gasteiger partial charge in [-0.3, -0.25) is 9.48 Å². The summed E-state index contributed by atoms with van der Waals surface area (Å²) < 4.78 is 1.74. The van der Waals surface area contributed by atoms with Crippen LogP contribution in [0, 0.1) is 6.92 Å². The first-order chi connectivity index (χ1) is 8.11. The summed E-state index contributed by atoms with van der Waals surface area (Å²) in [6.07, 6.45) is 3.04. The van der Waals surface area contributed by atoms with Crippen LogP contribution in [0.2, 0.25) is 0 Å². The van der Waals surface area contributed by atoms with Crippen LogP contribution in [-0.2, 0) is 11.8 Å². The maximum Gasteiger partial charge on any atom is 0.224 e. The zero-order chi connectivity index (χ0) is 12.4. The van der Waals surface area contributed by atoms with E-state index in [0.717, 1.165) is 28.8 Å². The van der Waals surface area contributed by atoms with E-state index in [1.165, 1.54) is 0 Å². The van der Waals surface area contributed by atoms with Crippen LogP contribution in [0.3, 0.4) is 0 Å². The molecule has 1 amide bonds. The number of fused-ring (bicyclic) bond motifs is 1. The summed E-state index contributed by atoms with van der Waals surface area (Å²) in [6.45, 7) is 3.91. The fourth-order valence-corrected chi connectivity index (χ4v) is 1.83. The number of aryl methyl sites for hydroxylation is 2. The first-order valence-electron chi connectivity index (χ1n) is 5.71. The smallest absolute Gasteiger partial charge is 0.224 e. The predicted octanol–water partition coefficient (Wildman–Crippen LogP) is 2.02. The quantitative estimate of drug-likeness (QED) is 0.880. The van der Waals surface area contributed by atoms with Gasteiger partial charge < -0.3 is 5.32 Å². The van der Waals surface area contributed by atoms with E-state index in [1.54, 1.807) is 10.9 Å². The fourth-order valence-electron chi connectivity index (χ4n) is 1.83. The van der Waals surface area contributed by atoms with Crippen molar-refractivity contribution in [2.75, 3.05) is 5.32 Å². The van der Waals surface area contributed by atoms with E-state index in [2.05, 4.69) is 15.4 Å². The second kappa shape index (κ2) is 4.53. The number of nitrogens with zero attached hydrogens (tertiary/aromatic N) is 3. The summed E-state index contributed by atoms with van der Waals surface area (Å²) in [6, 6.07) is 1.91. The van der Waals surface area contributed by atoms with E-state index < -0.39 is 0 Å². The van der Waals surface area contributed by atoms with Gasteiger partial charge in [0.25, 0.3) is 0 Å². The Kier molecular flexibility index (Phi) is 3.08. The molecule has 0 aromatic carbocycles. The van der Waals surface area contributed by atoms with Crippen molar-refractivity contribution < 1.29 is 4.79 Å². The second-order valence-corrected chi connectivity index (χ2v) is 4.10. The molecule has 5 heteroatoms. The lowest BCUT2D eigenvalue weighted by Gasteiger charge is -2.03. The number of amides is 1. The van der Waals surface area contributed by atoms with Gasteiger partial charge in [0.1, 0.15) is 0 Å². The molecule has 17 heavy (non-hydrogen) atoms. The number of pyridine rings is 1. The Balaban J connectivity index is 2.31. The maximum atomic E-state index is 11.5. The van der Waals surface area contributed by atoms with E-state index >= 15 is 0 Å². The van der Waals surface area contributed by atoms with Crippen molar-refractivity contribution in [3.8, 4) is 0 Å². The Labute approximate surface area is 99.8 Å². The number of carbonyl (C=O) groups is 1. The van der Waals surface area contributed by atoms with Crippen LogP contribution >= 0.6 is 0 Å². The number of nitrogens with one attached hydrogen (secondary N) is 1. The van der Waals surface area contributed by atoms with Gasteiger partial charge >= 0.3 is 0 Å². The van der Waals surface area contributed by atoms with Gasteiger partial charge in [-0.1, -0.05) is 6.92 Å². The highest BCUT2D eigenvalue weighted by atomic mass is 16.1. The minimum absolute atomic E-state index is 0.0233. The Bertz CT molecular complexity index is 559. The second-order valence-electron chi connectivity index (χ2n) is 4.10. The summed E-state index contributed by atoms with van der Waals surface area (Å²) in [4.78, 5) is 15.8. The largest absolute Gasteiger partial charge is 0.325 e. The molecule has 90 valence electrons. The number of anilines is 1. The molecule has 0 radical (unpaired) electrons. The molecule has 0 aliphatic heterocycles. The molecule has 5 nitrogen and oxygen atoms in total. The molecule has 1 N–H and O–H groups in total. The zero-order valence-corrected chi connectivity index (χ0v) is 10.3. The summed E-state index contributed by atoms with van der Waals surface area (Å²) in [5.41, 5.74) is 2.48. The van der Waals surface area contributed by atoms with Crippen molar-refractivity contribution >= 4 is 22.6 Å². The van der Waals surface area contributed by atoms with E-state index in [9.17, 15) is 4.79 Å². The molecule has 0 aliphatic rings. The van der Waals surface area contributed by atoms with Gasteiger partial charge in [0.15, 0.2) is 5.65 Å². The molecule has 2 heterocycles.